The molecule has 3 rings (SSSR count). The van der Waals surface area contributed by atoms with Gasteiger partial charge in [-0.25, -0.2) is 14.4 Å². The molecule has 11 heteroatoms. The molecule has 11 nitrogen and oxygen atoms in total. The number of unbranched alkanes of at least 4 members (excludes halogenated alkanes) is 1. The Kier molecular flexibility index (Phi) is 8.15. The van der Waals surface area contributed by atoms with Crippen LogP contribution in [0.2, 0.25) is 0 Å². The van der Waals surface area contributed by atoms with Gasteiger partial charge in [0.05, 0.1) is 42.0 Å². The van der Waals surface area contributed by atoms with E-state index in [1.54, 1.807) is 0 Å². The maximum atomic E-state index is 12.6. The highest BCUT2D eigenvalue weighted by Gasteiger charge is 2.35. The number of rotatable bonds is 9. The average Bonchev–Trinajstić information content (AvgIpc) is 3.13. The van der Waals surface area contributed by atoms with Crippen LogP contribution in [0.1, 0.15) is 71.6 Å². The molecular formula is C25H24N2O9. The minimum absolute atomic E-state index is 0.000655. The lowest BCUT2D eigenvalue weighted by Gasteiger charge is -2.12. The summed E-state index contributed by atoms with van der Waals surface area (Å²) in [6.45, 7) is 1.54. The Balaban J connectivity index is 1.67. The van der Waals surface area contributed by atoms with Gasteiger partial charge in [0.1, 0.15) is 0 Å². The van der Waals surface area contributed by atoms with E-state index < -0.39 is 42.2 Å². The predicted molar refractivity (Wildman–Crippen MR) is 125 cm³/mol. The maximum Gasteiger partial charge on any atom is 0.338 e. The minimum atomic E-state index is -0.876. The molecule has 2 aromatic rings. The maximum absolute atomic E-state index is 12.6. The molecule has 0 bridgehead atoms. The van der Waals surface area contributed by atoms with Crippen LogP contribution in [-0.4, -0.2) is 67.9 Å². The third-order valence-electron chi connectivity index (χ3n) is 5.33. The zero-order chi connectivity index (χ0) is 26.4. The molecule has 1 aliphatic rings. The molecule has 188 valence electrons. The third-order valence-corrected chi connectivity index (χ3v) is 5.33. The third kappa shape index (κ3) is 5.57. The Morgan fingerprint density at radius 3 is 2.00 bits per heavy atom. The molecule has 2 aromatic carbocycles. The number of anilines is 1. The van der Waals surface area contributed by atoms with E-state index in [9.17, 15) is 28.8 Å². The van der Waals surface area contributed by atoms with Crippen LogP contribution in [0.3, 0.4) is 0 Å². The van der Waals surface area contributed by atoms with Gasteiger partial charge in [-0.1, -0.05) is 13.3 Å². The second kappa shape index (κ2) is 11.3. The van der Waals surface area contributed by atoms with E-state index in [1.807, 2.05) is 6.92 Å². The summed E-state index contributed by atoms with van der Waals surface area (Å²) in [4.78, 5) is 74.7. The first-order chi connectivity index (χ1) is 17.2. The van der Waals surface area contributed by atoms with Crippen molar-refractivity contribution < 1.29 is 43.0 Å². The minimum Gasteiger partial charge on any atom is -0.465 e. The van der Waals surface area contributed by atoms with Crippen molar-refractivity contribution in [3.8, 4) is 0 Å². The van der Waals surface area contributed by atoms with Crippen molar-refractivity contribution in [3.05, 3.63) is 64.2 Å². The van der Waals surface area contributed by atoms with Crippen molar-refractivity contribution in [2.75, 3.05) is 32.7 Å². The first kappa shape index (κ1) is 26.1. The Hall–Kier alpha value is -4.54. The smallest absolute Gasteiger partial charge is 0.338 e. The number of carbonyl (C=O) groups is 6. The van der Waals surface area contributed by atoms with Gasteiger partial charge < -0.3 is 19.5 Å². The van der Waals surface area contributed by atoms with Crippen LogP contribution in [0.15, 0.2) is 36.4 Å². The van der Waals surface area contributed by atoms with Crippen LogP contribution in [0, 0.1) is 0 Å². The first-order valence-corrected chi connectivity index (χ1v) is 11.0. The fourth-order valence-electron chi connectivity index (χ4n) is 3.52. The molecule has 0 atom stereocenters. The Morgan fingerprint density at radius 2 is 1.42 bits per heavy atom. The molecule has 0 saturated heterocycles. The van der Waals surface area contributed by atoms with Crippen LogP contribution in [0.25, 0.3) is 0 Å². The van der Waals surface area contributed by atoms with Crippen LogP contribution in [-0.2, 0) is 19.0 Å². The second-order valence-electron chi connectivity index (χ2n) is 7.78. The van der Waals surface area contributed by atoms with E-state index >= 15 is 0 Å². The molecule has 1 aliphatic heterocycles. The fourth-order valence-corrected chi connectivity index (χ4v) is 3.52. The largest absolute Gasteiger partial charge is 0.465 e. The highest BCUT2D eigenvalue weighted by molar-refractivity contribution is 6.22. The molecule has 0 radical (unpaired) electrons. The molecule has 0 aromatic heterocycles. The Labute approximate surface area is 206 Å². The summed E-state index contributed by atoms with van der Waals surface area (Å²) in [5.74, 6) is -4.00. The molecular weight excluding hydrogens is 472 g/mol. The van der Waals surface area contributed by atoms with E-state index in [4.69, 9.17) is 4.74 Å². The number of hydrogen-bond acceptors (Lipinski definition) is 9. The van der Waals surface area contributed by atoms with E-state index in [2.05, 4.69) is 14.8 Å². The van der Waals surface area contributed by atoms with Crippen molar-refractivity contribution in [2.24, 2.45) is 0 Å². The molecule has 36 heavy (non-hydrogen) atoms. The molecule has 1 heterocycles. The monoisotopic (exact) mass is 496 g/mol. The van der Waals surface area contributed by atoms with Crippen LogP contribution in [0.5, 0.6) is 0 Å². The summed E-state index contributed by atoms with van der Waals surface area (Å²) in [6, 6.07) is 7.80. The number of imide groups is 1. The highest BCUT2D eigenvalue weighted by atomic mass is 16.5. The van der Waals surface area contributed by atoms with Crippen molar-refractivity contribution in [1.29, 1.82) is 0 Å². The van der Waals surface area contributed by atoms with Crippen LogP contribution >= 0.6 is 0 Å². The quantitative estimate of drug-likeness (QED) is 0.314. The lowest BCUT2D eigenvalue weighted by atomic mass is 10.1. The number of carbonyl (C=O) groups excluding carboxylic acids is 6. The molecule has 0 saturated carbocycles. The van der Waals surface area contributed by atoms with Crippen LogP contribution in [0.4, 0.5) is 5.69 Å². The number of amides is 3. The van der Waals surface area contributed by atoms with Crippen LogP contribution < -0.4 is 5.32 Å². The average molecular weight is 496 g/mol. The normalized spacial score (nSPS) is 12.1. The lowest BCUT2D eigenvalue weighted by molar-refractivity contribution is -0.119. The van der Waals surface area contributed by atoms with Gasteiger partial charge in [-0.2, -0.15) is 0 Å². The van der Waals surface area contributed by atoms with Gasteiger partial charge in [0.15, 0.2) is 6.61 Å². The molecule has 1 N–H and O–H groups in total. The number of ether oxygens (including phenoxy) is 3. The Morgan fingerprint density at radius 1 is 0.806 bits per heavy atom. The number of methoxy groups -OCH3 is 2. The van der Waals surface area contributed by atoms with Gasteiger partial charge in [-0.05, 0) is 42.8 Å². The topological polar surface area (TPSA) is 145 Å². The number of nitrogens with one attached hydrogen (secondary N) is 1. The number of esters is 3. The number of nitrogens with zero attached hydrogens (tertiary/aromatic N) is 1. The summed E-state index contributed by atoms with van der Waals surface area (Å²) < 4.78 is 14.3. The van der Waals surface area contributed by atoms with E-state index in [1.165, 1.54) is 36.4 Å². The summed E-state index contributed by atoms with van der Waals surface area (Å²) >= 11 is 0. The van der Waals surface area contributed by atoms with Crippen molar-refractivity contribution in [2.45, 2.75) is 19.8 Å². The first-order valence-electron chi connectivity index (χ1n) is 11.0. The number of fused-ring (bicyclic) bond motifs is 1. The molecule has 3 amide bonds. The summed E-state index contributed by atoms with van der Waals surface area (Å²) in [7, 11) is 2.33. The Bertz CT molecular complexity index is 1220. The molecule has 0 unspecified atom stereocenters. The summed E-state index contributed by atoms with van der Waals surface area (Å²) in [6.07, 6.45) is 1.48. The predicted octanol–water partition coefficient (Wildman–Crippen LogP) is 2.45. The number of benzene rings is 2. The molecule has 0 spiro atoms. The number of hydrogen-bond donors (Lipinski definition) is 1. The van der Waals surface area contributed by atoms with Crippen molar-refractivity contribution in [3.63, 3.8) is 0 Å². The van der Waals surface area contributed by atoms with Gasteiger partial charge in [0, 0.05) is 12.2 Å². The second-order valence-corrected chi connectivity index (χ2v) is 7.78. The van der Waals surface area contributed by atoms with Crippen molar-refractivity contribution in [1.82, 2.24) is 4.90 Å². The summed E-state index contributed by atoms with van der Waals surface area (Å²) in [5.41, 5.74) is 0.382. The van der Waals surface area contributed by atoms with E-state index in [0.717, 1.165) is 25.5 Å². The zero-order valence-electron chi connectivity index (χ0n) is 19.9. The SMILES string of the molecule is CCCCN1C(=O)c2ccc(C(=O)OCC(=O)Nc3cc(C(=O)OC)cc(C(=O)OC)c3)cc2C1=O. The zero-order valence-corrected chi connectivity index (χ0v) is 19.9. The van der Waals surface area contributed by atoms with Gasteiger partial charge in [0.25, 0.3) is 17.7 Å². The van der Waals surface area contributed by atoms with Gasteiger partial charge in [-0.3, -0.25) is 19.3 Å². The van der Waals surface area contributed by atoms with Gasteiger partial charge in [0.2, 0.25) is 0 Å². The lowest BCUT2D eigenvalue weighted by Crippen LogP contribution is -2.30. The highest BCUT2D eigenvalue weighted by Crippen LogP contribution is 2.25. The molecule has 0 fully saturated rings. The van der Waals surface area contributed by atoms with Gasteiger partial charge >= 0.3 is 17.9 Å². The fraction of sp³-hybridized carbons (Fsp3) is 0.280. The van der Waals surface area contributed by atoms with Gasteiger partial charge in [-0.15, -0.1) is 0 Å². The summed E-state index contributed by atoms with van der Waals surface area (Å²) in [5, 5.41) is 2.43. The van der Waals surface area contributed by atoms with E-state index in [0.29, 0.717) is 6.42 Å². The standard InChI is InChI=1S/C25H24N2O9/c1-4-5-8-27-21(29)18-7-6-14(12-19(18)22(27)30)25(33)36-13-20(28)26-17-10-15(23(31)34-2)9-16(11-17)24(32)35-3/h6-7,9-12H,4-5,8,13H2,1-3H3,(H,26,28). The van der Waals surface area contributed by atoms with E-state index in [-0.39, 0.29) is 40.0 Å². The molecule has 0 aliphatic carbocycles. The van der Waals surface area contributed by atoms with Crippen molar-refractivity contribution >= 4 is 41.3 Å².